The van der Waals surface area contributed by atoms with Crippen LogP contribution in [0.3, 0.4) is 0 Å². The number of rotatable bonds is 3. The van der Waals surface area contributed by atoms with Gasteiger partial charge in [0.15, 0.2) is 0 Å². The topological polar surface area (TPSA) is 104 Å². The van der Waals surface area contributed by atoms with Gasteiger partial charge in [0.05, 0.1) is 16.9 Å². The smallest absolute Gasteiger partial charge is 0.274 e. The number of nitrogens with one attached hydrogen (secondary N) is 1. The number of hydrogen-bond acceptors (Lipinski definition) is 5. The molecule has 0 unspecified atom stereocenters. The number of nitrogens with zero attached hydrogens (tertiary/aromatic N) is 3. The first kappa shape index (κ1) is 16.6. The van der Waals surface area contributed by atoms with Crippen LogP contribution >= 0.6 is 0 Å². The van der Waals surface area contributed by atoms with Gasteiger partial charge in [-0.1, -0.05) is 0 Å². The van der Waals surface area contributed by atoms with E-state index in [1.54, 1.807) is 6.07 Å². The fourth-order valence-corrected chi connectivity index (χ4v) is 2.80. The second-order valence-electron chi connectivity index (χ2n) is 6.07. The molecular formula is C18H16FN5O. The molecule has 0 aliphatic carbocycles. The normalized spacial score (nSPS) is 19.2. The van der Waals surface area contributed by atoms with Crippen molar-refractivity contribution in [3.05, 3.63) is 59.2 Å². The first-order valence-electron chi connectivity index (χ1n) is 7.73. The summed E-state index contributed by atoms with van der Waals surface area (Å²) >= 11 is 0. The number of hydrogen-bond donors (Lipinski definition) is 2. The van der Waals surface area contributed by atoms with Crippen LogP contribution in [0, 0.1) is 17.1 Å². The van der Waals surface area contributed by atoms with Crippen molar-refractivity contribution in [3.8, 4) is 6.07 Å². The predicted octanol–water partition coefficient (Wildman–Crippen LogP) is 2.71. The van der Waals surface area contributed by atoms with Crippen molar-refractivity contribution in [2.24, 2.45) is 10.7 Å². The Morgan fingerprint density at radius 2 is 2.20 bits per heavy atom. The van der Waals surface area contributed by atoms with Crippen LogP contribution in [0.15, 0.2) is 41.5 Å². The summed E-state index contributed by atoms with van der Waals surface area (Å²) in [7, 11) is 0. The molecule has 1 aromatic heterocycles. The summed E-state index contributed by atoms with van der Waals surface area (Å²) in [6, 6.07) is 9.25. The Labute approximate surface area is 144 Å². The molecule has 1 aliphatic rings. The molecule has 0 radical (unpaired) electrons. The number of nitriles is 1. The largest absolute Gasteiger partial charge is 0.387 e. The van der Waals surface area contributed by atoms with Gasteiger partial charge in [-0.3, -0.25) is 9.79 Å². The molecular weight excluding hydrogens is 321 g/mol. The summed E-state index contributed by atoms with van der Waals surface area (Å²) < 4.78 is 14.3. The molecule has 1 amide bonds. The molecule has 0 fully saturated rings. The SMILES string of the molecule is C[C@@]1(c2cc(NC(=O)c3ccc(C#N)cn3)ccc2F)CCC(N)=N1. The lowest BCUT2D eigenvalue weighted by atomic mass is 9.89. The summed E-state index contributed by atoms with van der Waals surface area (Å²) in [6.07, 6.45) is 2.55. The van der Waals surface area contributed by atoms with Crippen LogP contribution in [0.4, 0.5) is 10.1 Å². The molecule has 0 saturated carbocycles. The minimum absolute atomic E-state index is 0.166. The molecule has 3 N–H and O–H groups in total. The number of amides is 1. The molecule has 7 heteroatoms. The third kappa shape index (κ3) is 3.33. The summed E-state index contributed by atoms with van der Waals surface area (Å²) in [5.41, 5.74) is 6.37. The number of aromatic nitrogens is 1. The van der Waals surface area contributed by atoms with Crippen LogP contribution in [-0.2, 0) is 5.54 Å². The molecule has 2 heterocycles. The zero-order chi connectivity index (χ0) is 18.0. The minimum Gasteiger partial charge on any atom is -0.387 e. The van der Waals surface area contributed by atoms with E-state index in [1.807, 2.05) is 13.0 Å². The average Bonchev–Trinajstić information content (AvgIpc) is 2.96. The second-order valence-corrected chi connectivity index (χ2v) is 6.07. The lowest BCUT2D eigenvalue weighted by Gasteiger charge is -2.22. The van der Waals surface area contributed by atoms with Crippen molar-refractivity contribution < 1.29 is 9.18 Å². The van der Waals surface area contributed by atoms with Gasteiger partial charge in [0.1, 0.15) is 17.6 Å². The van der Waals surface area contributed by atoms with Crippen molar-refractivity contribution in [2.45, 2.75) is 25.3 Å². The standard InChI is InChI=1S/C18H16FN5O/c1-18(7-6-16(21)24-18)13-8-12(3-4-14(13)19)23-17(25)15-5-2-11(9-20)10-22-15/h2-5,8,10H,6-7H2,1H3,(H2,21,24)(H,23,25)/t18-/m0/s1. The number of nitrogens with two attached hydrogens (primary N) is 1. The molecule has 0 bridgehead atoms. The van der Waals surface area contributed by atoms with Gasteiger partial charge in [0.2, 0.25) is 0 Å². The zero-order valence-electron chi connectivity index (χ0n) is 13.6. The molecule has 1 aliphatic heterocycles. The number of benzene rings is 1. The van der Waals surface area contributed by atoms with Crippen LogP contribution in [0.1, 0.15) is 41.4 Å². The van der Waals surface area contributed by atoms with Gasteiger partial charge in [-0.15, -0.1) is 0 Å². The second kappa shape index (κ2) is 6.32. The minimum atomic E-state index is -0.735. The Morgan fingerprint density at radius 1 is 1.40 bits per heavy atom. The molecule has 1 aromatic carbocycles. The molecule has 6 nitrogen and oxygen atoms in total. The van der Waals surface area contributed by atoms with Gasteiger partial charge in [0, 0.05) is 23.9 Å². The van der Waals surface area contributed by atoms with Gasteiger partial charge in [-0.05, 0) is 43.7 Å². The number of anilines is 1. The van der Waals surface area contributed by atoms with E-state index in [4.69, 9.17) is 11.0 Å². The first-order valence-corrected chi connectivity index (χ1v) is 7.73. The van der Waals surface area contributed by atoms with E-state index in [2.05, 4.69) is 15.3 Å². The molecule has 0 spiro atoms. The first-order chi connectivity index (χ1) is 11.9. The molecule has 0 saturated heterocycles. The number of aliphatic imine (C=N–C) groups is 1. The molecule has 25 heavy (non-hydrogen) atoms. The molecule has 2 aromatic rings. The van der Waals surface area contributed by atoms with Gasteiger partial charge in [-0.2, -0.15) is 5.26 Å². The van der Waals surface area contributed by atoms with Crippen LogP contribution in [-0.4, -0.2) is 16.7 Å². The van der Waals surface area contributed by atoms with Crippen LogP contribution < -0.4 is 11.1 Å². The Kier molecular flexibility index (Phi) is 4.19. The molecule has 3 rings (SSSR count). The van der Waals surface area contributed by atoms with Gasteiger partial charge >= 0.3 is 0 Å². The Morgan fingerprint density at radius 3 is 2.80 bits per heavy atom. The van der Waals surface area contributed by atoms with Crippen molar-refractivity contribution in [3.63, 3.8) is 0 Å². The highest BCUT2D eigenvalue weighted by Gasteiger charge is 2.33. The summed E-state index contributed by atoms with van der Waals surface area (Å²) in [4.78, 5) is 20.6. The van der Waals surface area contributed by atoms with Crippen LogP contribution in [0.2, 0.25) is 0 Å². The van der Waals surface area contributed by atoms with Crippen molar-refractivity contribution >= 4 is 17.4 Å². The van der Waals surface area contributed by atoms with E-state index in [0.717, 1.165) is 0 Å². The number of amidine groups is 1. The number of pyridine rings is 1. The van der Waals surface area contributed by atoms with Crippen LogP contribution in [0.5, 0.6) is 0 Å². The molecule has 126 valence electrons. The maximum atomic E-state index is 14.3. The third-order valence-corrected chi connectivity index (χ3v) is 4.19. The van der Waals surface area contributed by atoms with Gasteiger partial charge in [0.25, 0.3) is 5.91 Å². The van der Waals surface area contributed by atoms with Crippen molar-refractivity contribution in [1.82, 2.24) is 4.98 Å². The Bertz CT molecular complexity index is 901. The number of halogens is 1. The number of carbonyl (C=O) groups excluding carboxylic acids is 1. The lowest BCUT2D eigenvalue weighted by molar-refractivity contribution is 0.102. The zero-order valence-corrected chi connectivity index (χ0v) is 13.6. The van der Waals surface area contributed by atoms with Gasteiger partial charge in [-0.25, -0.2) is 9.37 Å². The van der Waals surface area contributed by atoms with Crippen LogP contribution in [0.25, 0.3) is 0 Å². The van der Waals surface area contributed by atoms with Crippen molar-refractivity contribution in [1.29, 1.82) is 5.26 Å². The predicted molar refractivity (Wildman–Crippen MR) is 91.5 cm³/mol. The maximum absolute atomic E-state index is 14.3. The fraction of sp³-hybridized carbons (Fsp3) is 0.222. The monoisotopic (exact) mass is 337 g/mol. The quantitative estimate of drug-likeness (QED) is 0.898. The van der Waals surface area contributed by atoms with Crippen molar-refractivity contribution in [2.75, 3.05) is 5.32 Å². The lowest BCUT2D eigenvalue weighted by Crippen LogP contribution is -2.19. The third-order valence-electron chi connectivity index (χ3n) is 4.19. The summed E-state index contributed by atoms with van der Waals surface area (Å²) in [5, 5.41) is 11.4. The highest BCUT2D eigenvalue weighted by Crippen LogP contribution is 2.37. The summed E-state index contributed by atoms with van der Waals surface area (Å²) in [6.45, 7) is 1.82. The van der Waals surface area contributed by atoms with Gasteiger partial charge < -0.3 is 11.1 Å². The van der Waals surface area contributed by atoms with E-state index in [9.17, 15) is 9.18 Å². The Balaban J connectivity index is 1.85. The highest BCUT2D eigenvalue weighted by atomic mass is 19.1. The van der Waals surface area contributed by atoms with E-state index in [1.165, 1.54) is 30.5 Å². The van der Waals surface area contributed by atoms with E-state index < -0.39 is 17.3 Å². The van der Waals surface area contributed by atoms with E-state index in [0.29, 0.717) is 35.5 Å². The maximum Gasteiger partial charge on any atom is 0.274 e. The van der Waals surface area contributed by atoms with E-state index in [-0.39, 0.29) is 5.69 Å². The Hall–Kier alpha value is -3.27. The average molecular weight is 337 g/mol. The highest BCUT2D eigenvalue weighted by molar-refractivity contribution is 6.02. The summed E-state index contributed by atoms with van der Waals surface area (Å²) in [5.74, 6) is -0.338. The number of carbonyl (C=O) groups is 1. The van der Waals surface area contributed by atoms with E-state index >= 15 is 0 Å². The molecule has 1 atom stereocenters. The fourth-order valence-electron chi connectivity index (χ4n) is 2.80.